The van der Waals surface area contributed by atoms with Crippen molar-refractivity contribution in [3.63, 3.8) is 0 Å². The van der Waals surface area contributed by atoms with Gasteiger partial charge in [-0.15, -0.1) is 0 Å². The second-order valence-corrected chi connectivity index (χ2v) is 6.82. The molecule has 0 amide bonds. The van der Waals surface area contributed by atoms with Crippen molar-refractivity contribution in [2.45, 2.75) is 6.42 Å². The molecule has 0 saturated carbocycles. The number of anilines is 2. The third-order valence-corrected chi connectivity index (χ3v) is 4.53. The fourth-order valence-corrected chi connectivity index (χ4v) is 2.80. The van der Waals surface area contributed by atoms with Crippen LogP contribution in [0.5, 0.6) is 0 Å². The highest BCUT2D eigenvalue weighted by Crippen LogP contribution is 2.27. The first-order chi connectivity index (χ1) is 9.63. The van der Waals surface area contributed by atoms with Gasteiger partial charge in [-0.25, -0.2) is 0 Å². The number of nitrogens with one attached hydrogen (secondary N) is 1. The number of aliphatic carboxylic acids is 1. The Kier molecular flexibility index (Phi) is 5.82. The van der Waals surface area contributed by atoms with Gasteiger partial charge in [0.1, 0.15) is 0 Å². The lowest BCUT2D eigenvalue weighted by atomic mass is 10.3. The van der Waals surface area contributed by atoms with Gasteiger partial charge in [-0.3, -0.25) is 9.52 Å². The van der Waals surface area contributed by atoms with E-state index >= 15 is 0 Å². The Labute approximate surface area is 129 Å². The van der Waals surface area contributed by atoms with Crippen molar-refractivity contribution in [3.8, 4) is 0 Å². The molecule has 1 rings (SSSR count). The van der Waals surface area contributed by atoms with Crippen LogP contribution in [0.3, 0.4) is 0 Å². The van der Waals surface area contributed by atoms with E-state index < -0.39 is 16.2 Å². The number of benzene rings is 1. The van der Waals surface area contributed by atoms with Crippen LogP contribution in [-0.2, 0) is 15.0 Å². The SMILES string of the molecule is CN(C)c1ccc(NS(=O)(=O)N(C)CCC(=O)O)cc1Cl. The summed E-state index contributed by atoms with van der Waals surface area (Å²) in [6.45, 7) is -0.117. The molecule has 0 unspecified atom stereocenters. The molecule has 9 heteroatoms. The van der Waals surface area contributed by atoms with Crippen LogP contribution in [0.25, 0.3) is 0 Å². The first-order valence-electron chi connectivity index (χ1n) is 6.06. The van der Waals surface area contributed by atoms with Gasteiger partial charge in [0.2, 0.25) is 0 Å². The van der Waals surface area contributed by atoms with E-state index in [9.17, 15) is 13.2 Å². The molecular weight excluding hydrogens is 318 g/mol. The zero-order valence-corrected chi connectivity index (χ0v) is 13.6. The lowest BCUT2D eigenvalue weighted by Gasteiger charge is -2.19. The van der Waals surface area contributed by atoms with Crippen molar-refractivity contribution < 1.29 is 18.3 Å². The minimum Gasteiger partial charge on any atom is -0.481 e. The summed E-state index contributed by atoms with van der Waals surface area (Å²) in [5.41, 5.74) is 1.08. The van der Waals surface area contributed by atoms with Crippen molar-refractivity contribution in [1.29, 1.82) is 0 Å². The molecule has 0 fully saturated rings. The molecule has 0 aliphatic heterocycles. The fraction of sp³-hybridized carbons (Fsp3) is 0.417. The van der Waals surface area contributed by atoms with Gasteiger partial charge in [0, 0.05) is 27.7 Å². The lowest BCUT2D eigenvalue weighted by molar-refractivity contribution is -0.137. The van der Waals surface area contributed by atoms with E-state index in [0.29, 0.717) is 10.7 Å². The molecule has 0 radical (unpaired) electrons. The molecule has 21 heavy (non-hydrogen) atoms. The quantitative estimate of drug-likeness (QED) is 0.787. The van der Waals surface area contributed by atoms with Crippen LogP contribution in [0, 0.1) is 0 Å². The Hall–Kier alpha value is -1.51. The predicted octanol–water partition coefficient (Wildman–Crippen LogP) is 1.47. The molecule has 0 heterocycles. The van der Waals surface area contributed by atoms with E-state index in [1.165, 1.54) is 13.1 Å². The number of hydrogen-bond acceptors (Lipinski definition) is 4. The van der Waals surface area contributed by atoms with Gasteiger partial charge in [-0.1, -0.05) is 11.6 Å². The summed E-state index contributed by atoms with van der Waals surface area (Å²) in [7, 11) is 1.14. The summed E-state index contributed by atoms with van der Waals surface area (Å²) in [5.74, 6) is -1.06. The number of carboxylic acid groups (broad SMARTS) is 1. The maximum absolute atomic E-state index is 12.0. The van der Waals surface area contributed by atoms with Crippen molar-refractivity contribution in [1.82, 2.24) is 4.31 Å². The minimum absolute atomic E-state index is 0.117. The van der Waals surface area contributed by atoms with Gasteiger partial charge in [-0.05, 0) is 18.2 Å². The van der Waals surface area contributed by atoms with Crippen molar-refractivity contribution in [2.75, 3.05) is 37.3 Å². The molecule has 118 valence electrons. The fourth-order valence-electron chi connectivity index (χ4n) is 1.53. The summed E-state index contributed by atoms with van der Waals surface area (Å²) >= 11 is 6.07. The minimum atomic E-state index is -3.81. The number of carboxylic acids is 1. The van der Waals surface area contributed by atoms with Crippen LogP contribution in [0.4, 0.5) is 11.4 Å². The van der Waals surface area contributed by atoms with Crippen LogP contribution in [-0.4, -0.2) is 51.5 Å². The molecule has 0 aliphatic carbocycles. The summed E-state index contributed by atoms with van der Waals surface area (Å²) in [4.78, 5) is 12.3. The van der Waals surface area contributed by atoms with Gasteiger partial charge in [0.15, 0.2) is 0 Å². The van der Waals surface area contributed by atoms with Gasteiger partial charge < -0.3 is 10.0 Å². The molecule has 1 aromatic carbocycles. The van der Waals surface area contributed by atoms with Crippen molar-refractivity contribution in [2.24, 2.45) is 0 Å². The Morgan fingerprint density at radius 3 is 2.43 bits per heavy atom. The van der Waals surface area contributed by atoms with E-state index in [1.807, 2.05) is 14.1 Å². The molecule has 0 bridgehead atoms. The molecule has 0 spiro atoms. The van der Waals surface area contributed by atoms with Gasteiger partial charge in [-0.2, -0.15) is 12.7 Å². The number of rotatable bonds is 7. The van der Waals surface area contributed by atoms with Crippen LogP contribution in [0.2, 0.25) is 5.02 Å². The van der Waals surface area contributed by atoms with E-state index in [-0.39, 0.29) is 13.0 Å². The Morgan fingerprint density at radius 2 is 1.95 bits per heavy atom. The van der Waals surface area contributed by atoms with Crippen LogP contribution >= 0.6 is 11.6 Å². The molecular formula is C12H18ClN3O4S. The van der Waals surface area contributed by atoms with Gasteiger partial charge in [0.25, 0.3) is 0 Å². The summed E-state index contributed by atoms with van der Waals surface area (Å²) in [6.07, 6.45) is -0.266. The number of hydrogen-bond donors (Lipinski definition) is 2. The third-order valence-electron chi connectivity index (χ3n) is 2.73. The average Bonchev–Trinajstić information content (AvgIpc) is 2.34. The summed E-state index contributed by atoms with van der Waals surface area (Å²) in [6, 6.07) is 4.78. The topological polar surface area (TPSA) is 90.0 Å². The van der Waals surface area contributed by atoms with Gasteiger partial charge >= 0.3 is 16.2 Å². The van der Waals surface area contributed by atoms with Crippen LogP contribution < -0.4 is 9.62 Å². The third kappa shape index (κ3) is 5.07. The van der Waals surface area contributed by atoms with Crippen molar-refractivity contribution >= 4 is 39.2 Å². The molecule has 0 aliphatic rings. The normalized spacial score (nSPS) is 11.5. The highest BCUT2D eigenvalue weighted by atomic mass is 35.5. The molecule has 0 atom stereocenters. The average molecular weight is 336 g/mol. The molecule has 0 saturated heterocycles. The highest BCUT2D eigenvalue weighted by molar-refractivity contribution is 7.90. The predicted molar refractivity (Wildman–Crippen MR) is 83.2 cm³/mol. The van der Waals surface area contributed by atoms with Crippen LogP contribution in [0.1, 0.15) is 6.42 Å². The maximum atomic E-state index is 12.0. The maximum Gasteiger partial charge on any atom is 0.304 e. The number of nitrogens with zero attached hydrogens (tertiary/aromatic N) is 2. The summed E-state index contributed by atoms with van der Waals surface area (Å²) in [5, 5.41) is 8.98. The van der Waals surface area contributed by atoms with Crippen molar-refractivity contribution in [3.05, 3.63) is 23.2 Å². The van der Waals surface area contributed by atoms with E-state index in [2.05, 4.69) is 4.72 Å². The molecule has 2 N–H and O–H groups in total. The largest absolute Gasteiger partial charge is 0.481 e. The van der Waals surface area contributed by atoms with E-state index in [0.717, 1.165) is 9.99 Å². The standard InChI is InChI=1S/C12H18ClN3O4S/c1-15(2)11-5-4-9(8-10(11)13)14-21(19,20)16(3)7-6-12(17)18/h4-5,8,14H,6-7H2,1-3H3,(H,17,18). The number of halogens is 1. The van der Waals surface area contributed by atoms with Crippen LogP contribution in [0.15, 0.2) is 18.2 Å². The lowest BCUT2D eigenvalue weighted by Crippen LogP contribution is -2.34. The summed E-state index contributed by atoms with van der Waals surface area (Å²) < 4.78 is 27.3. The highest BCUT2D eigenvalue weighted by Gasteiger charge is 2.18. The second kappa shape index (κ2) is 6.97. The smallest absolute Gasteiger partial charge is 0.304 e. The van der Waals surface area contributed by atoms with E-state index in [4.69, 9.17) is 16.7 Å². The Morgan fingerprint density at radius 1 is 1.33 bits per heavy atom. The monoisotopic (exact) mass is 335 g/mol. The van der Waals surface area contributed by atoms with Gasteiger partial charge in [0.05, 0.1) is 22.8 Å². The molecule has 7 nitrogen and oxygen atoms in total. The number of carbonyl (C=O) groups is 1. The second-order valence-electron chi connectivity index (χ2n) is 4.63. The zero-order valence-electron chi connectivity index (χ0n) is 12.0. The first kappa shape index (κ1) is 17.5. The molecule has 1 aromatic rings. The zero-order chi connectivity index (χ0) is 16.2. The first-order valence-corrected chi connectivity index (χ1v) is 7.88. The Bertz CT molecular complexity index is 619. The van der Waals surface area contributed by atoms with E-state index in [1.54, 1.807) is 17.0 Å². The molecule has 0 aromatic heterocycles. The Balaban J connectivity index is 2.84.